The predicted molar refractivity (Wildman–Crippen MR) is 124 cm³/mol. The fourth-order valence-corrected chi connectivity index (χ4v) is 6.08. The molecule has 0 unspecified atom stereocenters. The number of carbonyl (C=O) groups excluding carboxylic acids is 1. The van der Waals surface area contributed by atoms with Gasteiger partial charge in [-0.25, -0.2) is 13.4 Å². The van der Waals surface area contributed by atoms with E-state index in [1.165, 1.54) is 35.6 Å². The van der Waals surface area contributed by atoms with Crippen molar-refractivity contribution in [2.24, 2.45) is 0 Å². The van der Waals surface area contributed by atoms with Gasteiger partial charge in [0.2, 0.25) is 10.0 Å². The highest BCUT2D eigenvalue weighted by Gasteiger charge is 2.25. The second-order valence-corrected chi connectivity index (χ2v) is 10.5. The summed E-state index contributed by atoms with van der Waals surface area (Å²) in [6.07, 6.45) is 3.85. The second-order valence-electron chi connectivity index (χ2n) is 7.49. The highest BCUT2D eigenvalue weighted by molar-refractivity contribution is 7.89. The standard InChI is InChI=1S/C22H25N3O5S2/c1-29-18-13-17-20(14-19(18)30-2)31-22(23-17)24-21(26)15-7-9-16(10-8-15)32(27,28)25-11-5-3-4-6-12-25/h7-10,13-14H,3-6,11-12H2,1-2H3,(H,23,24,26). The van der Waals surface area contributed by atoms with Crippen LogP contribution >= 0.6 is 11.3 Å². The Balaban J connectivity index is 1.50. The molecule has 1 aromatic heterocycles. The highest BCUT2D eigenvalue weighted by atomic mass is 32.2. The molecule has 1 saturated heterocycles. The van der Waals surface area contributed by atoms with Crippen molar-refractivity contribution in [3.63, 3.8) is 0 Å². The summed E-state index contributed by atoms with van der Waals surface area (Å²) in [4.78, 5) is 17.3. The van der Waals surface area contributed by atoms with Crippen molar-refractivity contribution in [1.82, 2.24) is 9.29 Å². The maximum Gasteiger partial charge on any atom is 0.257 e. The Kier molecular flexibility index (Phi) is 6.63. The number of hydrogen-bond acceptors (Lipinski definition) is 7. The monoisotopic (exact) mass is 475 g/mol. The Bertz CT molecular complexity index is 1170. The number of methoxy groups -OCH3 is 2. The summed E-state index contributed by atoms with van der Waals surface area (Å²) < 4.78 is 38.8. The maximum absolute atomic E-state index is 12.9. The van der Waals surface area contributed by atoms with Crippen LogP contribution in [0.25, 0.3) is 10.2 Å². The summed E-state index contributed by atoms with van der Waals surface area (Å²) in [5.74, 6) is 0.786. The Hall–Kier alpha value is -2.69. The van der Waals surface area contributed by atoms with Gasteiger partial charge < -0.3 is 9.47 Å². The molecule has 8 nitrogen and oxygen atoms in total. The van der Waals surface area contributed by atoms with E-state index in [1.807, 2.05) is 6.07 Å². The maximum atomic E-state index is 12.9. The molecular formula is C22H25N3O5S2. The van der Waals surface area contributed by atoms with Crippen molar-refractivity contribution >= 4 is 42.6 Å². The number of thiazole rings is 1. The molecule has 0 radical (unpaired) electrons. The van der Waals surface area contributed by atoms with E-state index in [0.29, 0.717) is 40.8 Å². The van der Waals surface area contributed by atoms with E-state index in [-0.39, 0.29) is 10.8 Å². The van der Waals surface area contributed by atoms with Crippen molar-refractivity contribution in [2.45, 2.75) is 30.6 Å². The quantitative estimate of drug-likeness (QED) is 0.576. The van der Waals surface area contributed by atoms with Crippen molar-refractivity contribution < 1.29 is 22.7 Å². The lowest BCUT2D eigenvalue weighted by Gasteiger charge is -2.20. The average Bonchev–Trinajstić information content (AvgIpc) is 2.99. The zero-order valence-corrected chi connectivity index (χ0v) is 19.6. The lowest BCUT2D eigenvalue weighted by atomic mass is 10.2. The molecule has 10 heteroatoms. The molecule has 2 heterocycles. The molecular weight excluding hydrogens is 450 g/mol. The molecule has 3 aromatic rings. The first-order chi connectivity index (χ1) is 15.4. The van der Waals surface area contributed by atoms with E-state index in [9.17, 15) is 13.2 Å². The van der Waals surface area contributed by atoms with Crippen LogP contribution in [0.2, 0.25) is 0 Å². The Morgan fingerprint density at radius 1 is 1.00 bits per heavy atom. The van der Waals surface area contributed by atoms with Gasteiger partial charge in [-0.2, -0.15) is 4.31 Å². The minimum absolute atomic E-state index is 0.204. The van der Waals surface area contributed by atoms with Gasteiger partial charge in [0.15, 0.2) is 16.6 Å². The Labute approximate surface area is 191 Å². The smallest absolute Gasteiger partial charge is 0.257 e. The minimum atomic E-state index is -3.55. The molecule has 4 rings (SSSR count). The fourth-order valence-electron chi connectivity index (χ4n) is 3.69. The summed E-state index contributed by atoms with van der Waals surface area (Å²) in [5.41, 5.74) is 1.04. The minimum Gasteiger partial charge on any atom is -0.493 e. The molecule has 32 heavy (non-hydrogen) atoms. The van der Waals surface area contributed by atoms with Gasteiger partial charge >= 0.3 is 0 Å². The Morgan fingerprint density at radius 2 is 1.62 bits per heavy atom. The first-order valence-corrected chi connectivity index (χ1v) is 12.6. The summed E-state index contributed by atoms with van der Waals surface area (Å²) >= 11 is 1.32. The van der Waals surface area contributed by atoms with Gasteiger partial charge in [0.05, 0.1) is 29.3 Å². The van der Waals surface area contributed by atoms with E-state index in [4.69, 9.17) is 9.47 Å². The third-order valence-electron chi connectivity index (χ3n) is 5.43. The summed E-state index contributed by atoms with van der Waals surface area (Å²) in [6.45, 7) is 1.08. The normalized spacial score (nSPS) is 15.3. The van der Waals surface area contributed by atoms with E-state index in [2.05, 4.69) is 10.3 Å². The predicted octanol–water partition coefficient (Wildman–Crippen LogP) is 4.13. The second kappa shape index (κ2) is 9.43. The van der Waals surface area contributed by atoms with Crippen LogP contribution in [-0.2, 0) is 10.0 Å². The van der Waals surface area contributed by atoms with E-state index in [0.717, 1.165) is 30.4 Å². The van der Waals surface area contributed by atoms with Gasteiger partial charge in [0.1, 0.15) is 0 Å². The third-order valence-corrected chi connectivity index (χ3v) is 8.28. The number of anilines is 1. The topological polar surface area (TPSA) is 97.8 Å². The van der Waals surface area contributed by atoms with Crippen LogP contribution in [0, 0.1) is 0 Å². The van der Waals surface area contributed by atoms with Gasteiger partial charge in [-0.1, -0.05) is 24.2 Å². The van der Waals surface area contributed by atoms with Gasteiger partial charge in [0, 0.05) is 30.8 Å². The van der Waals surface area contributed by atoms with Gasteiger partial charge in [0.25, 0.3) is 5.91 Å². The molecule has 1 fully saturated rings. The Morgan fingerprint density at radius 3 is 2.25 bits per heavy atom. The van der Waals surface area contributed by atoms with Crippen LogP contribution in [0.1, 0.15) is 36.0 Å². The molecule has 0 atom stereocenters. The molecule has 1 aliphatic rings. The highest BCUT2D eigenvalue weighted by Crippen LogP contribution is 2.36. The van der Waals surface area contributed by atoms with E-state index >= 15 is 0 Å². The first kappa shape index (κ1) is 22.5. The fraction of sp³-hybridized carbons (Fsp3) is 0.364. The van der Waals surface area contributed by atoms with Crippen LogP contribution in [0.15, 0.2) is 41.3 Å². The van der Waals surface area contributed by atoms with Gasteiger partial charge in [-0.15, -0.1) is 0 Å². The number of benzene rings is 2. The molecule has 2 aromatic carbocycles. The van der Waals surface area contributed by atoms with E-state index in [1.54, 1.807) is 24.6 Å². The number of nitrogens with zero attached hydrogens (tertiary/aromatic N) is 2. The molecule has 0 bridgehead atoms. The zero-order chi connectivity index (χ0) is 22.7. The largest absolute Gasteiger partial charge is 0.493 e. The van der Waals surface area contributed by atoms with Crippen molar-refractivity contribution in [1.29, 1.82) is 0 Å². The molecule has 0 saturated carbocycles. The molecule has 170 valence electrons. The number of sulfonamides is 1. The van der Waals surface area contributed by atoms with Gasteiger partial charge in [-0.05, 0) is 37.1 Å². The lowest BCUT2D eigenvalue weighted by Crippen LogP contribution is -2.31. The number of ether oxygens (including phenoxy) is 2. The zero-order valence-electron chi connectivity index (χ0n) is 18.0. The van der Waals surface area contributed by atoms with Crippen molar-refractivity contribution in [2.75, 3.05) is 32.6 Å². The number of rotatable bonds is 6. The molecule has 1 N–H and O–H groups in total. The van der Waals surface area contributed by atoms with Crippen LogP contribution in [-0.4, -0.2) is 50.9 Å². The molecule has 0 spiro atoms. The number of amides is 1. The van der Waals surface area contributed by atoms with Crippen LogP contribution in [0.3, 0.4) is 0 Å². The SMILES string of the molecule is COc1cc2nc(NC(=O)c3ccc(S(=O)(=O)N4CCCCCC4)cc3)sc2cc1OC. The molecule has 0 aliphatic carbocycles. The summed E-state index contributed by atoms with van der Waals surface area (Å²) in [6, 6.07) is 9.60. The van der Waals surface area contributed by atoms with Crippen LogP contribution < -0.4 is 14.8 Å². The van der Waals surface area contributed by atoms with Crippen molar-refractivity contribution in [3.05, 3.63) is 42.0 Å². The van der Waals surface area contributed by atoms with Crippen LogP contribution in [0.5, 0.6) is 11.5 Å². The lowest BCUT2D eigenvalue weighted by molar-refractivity contribution is 0.102. The molecule has 1 aliphatic heterocycles. The summed E-state index contributed by atoms with van der Waals surface area (Å²) in [5, 5.41) is 3.21. The number of fused-ring (bicyclic) bond motifs is 1. The third kappa shape index (κ3) is 4.57. The number of carbonyl (C=O) groups is 1. The molecule has 1 amide bonds. The number of aromatic nitrogens is 1. The average molecular weight is 476 g/mol. The number of nitrogens with one attached hydrogen (secondary N) is 1. The van der Waals surface area contributed by atoms with Crippen molar-refractivity contribution in [3.8, 4) is 11.5 Å². The van der Waals surface area contributed by atoms with Gasteiger partial charge in [-0.3, -0.25) is 10.1 Å². The number of hydrogen-bond donors (Lipinski definition) is 1. The first-order valence-electron chi connectivity index (χ1n) is 10.4. The summed E-state index contributed by atoms with van der Waals surface area (Å²) in [7, 11) is -0.439. The van der Waals surface area contributed by atoms with E-state index < -0.39 is 10.0 Å². The van der Waals surface area contributed by atoms with Crippen LogP contribution in [0.4, 0.5) is 5.13 Å².